The van der Waals surface area contributed by atoms with Crippen molar-refractivity contribution in [3.8, 4) is 11.3 Å². The highest BCUT2D eigenvalue weighted by molar-refractivity contribution is 5.97. The first-order chi connectivity index (χ1) is 12.7. The SMILES string of the molecule is COC(=O)c1ccccc1-c1ccc(/C=N/NC(=O)c2ccncc2)o1. The van der Waals surface area contributed by atoms with Crippen LogP contribution in [0, 0.1) is 0 Å². The summed E-state index contributed by atoms with van der Waals surface area (Å²) in [6.07, 6.45) is 4.43. The summed E-state index contributed by atoms with van der Waals surface area (Å²) >= 11 is 0. The second-order valence-corrected chi connectivity index (χ2v) is 5.17. The van der Waals surface area contributed by atoms with Gasteiger partial charge in [0.1, 0.15) is 11.5 Å². The molecule has 0 spiro atoms. The predicted molar refractivity (Wildman–Crippen MR) is 94.8 cm³/mol. The van der Waals surface area contributed by atoms with E-state index in [1.807, 2.05) is 0 Å². The molecule has 0 fully saturated rings. The van der Waals surface area contributed by atoms with Crippen molar-refractivity contribution in [3.63, 3.8) is 0 Å². The summed E-state index contributed by atoms with van der Waals surface area (Å²) in [7, 11) is 1.32. The van der Waals surface area contributed by atoms with Gasteiger partial charge in [-0.15, -0.1) is 0 Å². The molecular weight excluding hydrogens is 334 g/mol. The Balaban J connectivity index is 1.73. The zero-order valence-electron chi connectivity index (χ0n) is 13.9. The van der Waals surface area contributed by atoms with Gasteiger partial charge in [-0.2, -0.15) is 5.10 Å². The molecule has 2 aromatic heterocycles. The highest BCUT2D eigenvalue weighted by Gasteiger charge is 2.15. The fourth-order valence-electron chi connectivity index (χ4n) is 2.28. The van der Waals surface area contributed by atoms with E-state index in [4.69, 9.17) is 9.15 Å². The summed E-state index contributed by atoms with van der Waals surface area (Å²) in [5.41, 5.74) is 3.86. The maximum Gasteiger partial charge on any atom is 0.338 e. The minimum absolute atomic E-state index is 0.355. The van der Waals surface area contributed by atoms with Crippen molar-refractivity contribution in [2.75, 3.05) is 7.11 Å². The zero-order valence-corrected chi connectivity index (χ0v) is 13.9. The third-order valence-electron chi connectivity index (χ3n) is 3.53. The lowest BCUT2D eigenvalue weighted by Gasteiger charge is -2.04. The number of nitrogens with one attached hydrogen (secondary N) is 1. The van der Waals surface area contributed by atoms with Crippen LogP contribution in [0.4, 0.5) is 0 Å². The van der Waals surface area contributed by atoms with Gasteiger partial charge in [-0.1, -0.05) is 18.2 Å². The van der Waals surface area contributed by atoms with E-state index in [-0.39, 0.29) is 5.91 Å². The predicted octanol–water partition coefficient (Wildman–Crippen LogP) is 2.89. The number of aromatic nitrogens is 1. The van der Waals surface area contributed by atoms with Crippen molar-refractivity contribution in [1.82, 2.24) is 10.4 Å². The molecule has 7 nitrogen and oxygen atoms in total. The number of pyridine rings is 1. The quantitative estimate of drug-likeness (QED) is 0.434. The van der Waals surface area contributed by atoms with Crippen LogP contribution in [0.5, 0.6) is 0 Å². The summed E-state index contributed by atoms with van der Waals surface area (Å²) in [4.78, 5) is 27.6. The molecule has 0 saturated heterocycles. The average molecular weight is 349 g/mol. The highest BCUT2D eigenvalue weighted by atomic mass is 16.5. The van der Waals surface area contributed by atoms with Gasteiger partial charge in [-0.3, -0.25) is 9.78 Å². The fraction of sp³-hybridized carbons (Fsp3) is 0.0526. The molecule has 0 aliphatic rings. The van der Waals surface area contributed by atoms with Crippen molar-refractivity contribution in [1.29, 1.82) is 0 Å². The number of benzene rings is 1. The van der Waals surface area contributed by atoms with Crippen LogP contribution in [0.15, 0.2) is 70.4 Å². The van der Waals surface area contributed by atoms with Gasteiger partial charge in [0.25, 0.3) is 5.91 Å². The molecule has 0 radical (unpaired) electrons. The van der Waals surface area contributed by atoms with E-state index in [0.717, 1.165) is 0 Å². The molecule has 0 unspecified atom stereocenters. The first-order valence-electron chi connectivity index (χ1n) is 7.70. The zero-order chi connectivity index (χ0) is 18.4. The Bertz CT molecular complexity index is 948. The van der Waals surface area contributed by atoms with Gasteiger partial charge in [0.05, 0.1) is 18.9 Å². The molecule has 3 rings (SSSR count). The van der Waals surface area contributed by atoms with Crippen LogP contribution in [0.25, 0.3) is 11.3 Å². The molecule has 26 heavy (non-hydrogen) atoms. The van der Waals surface area contributed by atoms with Crippen LogP contribution in [0.3, 0.4) is 0 Å². The molecule has 2 heterocycles. The van der Waals surface area contributed by atoms with Gasteiger partial charge in [-0.05, 0) is 30.3 Å². The Morgan fingerprint density at radius 2 is 1.88 bits per heavy atom. The fourth-order valence-corrected chi connectivity index (χ4v) is 2.28. The Morgan fingerprint density at radius 1 is 1.12 bits per heavy atom. The molecular formula is C19H15N3O4. The number of hydrogen-bond acceptors (Lipinski definition) is 6. The van der Waals surface area contributed by atoms with Crippen molar-refractivity contribution in [3.05, 3.63) is 77.8 Å². The Kier molecular flexibility index (Phi) is 5.19. The summed E-state index contributed by atoms with van der Waals surface area (Å²) in [5.74, 6) is 0.117. The molecule has 1 aromatic carbocycles. The van der Waals surface area contributed by atoms with E-state index in [0.29, 0.717) is 28.2 Å². The second-order valence-electron chi connectivity index (χ2n) is 5.17. The number of carbonyl (C=O) groups is 2. The van der Waals surface area contributed by atoms with Crippen molar-refractivity contribution in [2.24, 2.45) is 5.10 Å². The number of ether oxygens (including phenoxy) is 1. The molecule has 1 N–H and O–H groups in total. The van der Waals surface area contributed by atoms with E-state index < -0.39 is 5.97 Å². The number of amides is 1. The lowest BCUT2D eigenvalue weighted by Crippen LogP contribution is -2.17. The van der Waals surface area contributed by atoms with Crippen LogP contribution >= 0.6 is 0 Å². The van der Waals surface area contributed by atoms with Gasteiger partial charge in [-0.25, -0.2) is 10.2 Å². The molecule has 7 heteroatoms. The monoisotopic (exact) mass is 349 g/mol. The molecule has 0 saturated carbocycles. The standard InChI is InChI=1S/C19H15N3O4/c1-25-19(24)16-5-3-2-4-15(16)17-7-6-14(26-17)12-21-22-18(23)13-8-10-20-11-9-13/h2-12H,1H3,(H,22,23)/b21-12+. The van der Waals surface area contributed by atoms with Gasteiger partial charge in [0.15, 0.2) is 0 Å². The van der Waals surface area contributed by atoms with Crippen molar-refractivity contribution >= 4 is 18.1 Å². The van der Waals surface area contributed by atoms with Crippen LogP contribution in [0.1, 0.15) is 26.5 Å². The topological polar surface area (TPSA) is 93.8 Å². The normalized spacial score (nSPS) is 10.7. The van der Waals surface area contributed by atoms with Crippen LogP contribution in [0.2, 0.25) is 0 Å². The summed E-state index contributed by atoms with van der Waals surface area (Å²) in [5, 5.41) is 3.87. The molecule has 130 valence electrons. The van der Waals surface area contributed by atoms with Crippen LogP contribution < -0.4 is 5.43 Å². The smallest absolute Gasteiger partial charge is 0.338 e. The molecule has 0 aliphatic heterocycles. The van der Waals surface area contributed by atoms with Gasteiger partial charge < -0.3 is 9.15 Å². The first kappa shape index (κ1) is 17.1. The van der Waals surface area contributed by atoms with Gasteiger partial charge in [0.2, 0.25) is 0 Å². The third-order valence-corrected chi connectivity index (χ3v) is 3.53. The minimum atomic E-state index is -0.447. The molecule has 0 bridgehead atoms. The lowest BCUT2D eigenvalue weighted by molar-refractivity contribution is 0.0601. The van der Waals surface area contributed by atoms with E-state index in [1.54, 1.807) is 48.5 Å². The number of esters is 1. The lowest BCUT2D eigenvalue weighted by atomic mass is 10.1. The Hall–Kier alpha value is -3.74. The van der Waals surface area contributed by atoms with E-state index in [1.165, 1.54) is 25.7 Å². The molecule has 1 amide bonds. The van der Waals surface area contributed by atoms with Crippen LogP contribution in [-0.4, -0.2) is 30.2 Å². The van der Waals surface area contributed by atoms with E-state index in [9.17, 15) is 9.59 Å². The van der Waals surface area contributed by atoms with Gasteiger partial charge in [0, 0.05) is 23.5 Å². The largest absolute Gasteiger partial charge is 0.465 e. The maximum atomic E-state index is 11.9. The van der Waals surface area contributed by atoms with Gasteiger partial charge >= 0.3 is 5.97 Å². The first-order valence-corrected chi connectivity index (χ1v) is 7.70. The van der Waals surface area contributed by atoms with Crippen molar-refractivity contribution in [2.45, 2.75) is 0 Å². The number of rotatable bonds is 5. The maximum absolute atomic E-state index is 11.9. The number of hydrazone groups is 1. The number of furan rings is 1. The van der Waals surface area contributed by atoms with E-state index >= 15 is 0 Å². The number of nitrogens with zero attached hydrogens (tertiary/aromatic N) is 2. The summed E-state index contributed by atoms with van der Waals surface area (Å²) in [6.45, 7) is 0. The highest BCUT2D eigenvalue weighted by Crippen LogP contribution is 2.25. The van der Waals surface area contributed by atoms with Crippen LogP contribution in [-0.2, 0) is 4.74 Å². The molecule has 3 aromatic rings. The van der Waals surface area contributed by atoms with E-state index in [2.05, 4.69) is 15.5 Å². The Morgan fingerprint density at radius 3 is 2.65 bits per heavy atom. The number of hydrogen-bond donors (Lipinski definition) is 1. The third kappa shape index (κ3) is 3.84. The number of methoxy groups -OCH3 is 1. The summed E-state index contributed by atoms with van der Waals surface area (Å²) < 4.78 is 10.5. The Labute approximate surface area is 149 Å². The number of carbonyl (C=O) groups excluding carboxylic acids is 2. The molecule has 0 aliphatic carbocycles. The molecule has 0 atom stereocenters. The minimum Gasteiger partial charge on any atom is -0.465 e. The van der Waals surface area contributed by atoms with Crippen molar-refractivity contribution < 1.29 is 18.7 Å². The summed E-state index contributed by atoms with van der Waals surface area (Å²) in [6, 6.07) is 13.5. The average Bonchev–Trinajstić information content (AvgIpc) is 3.16. The second kappa shape index (κ2) is 7.89.